The molecule has 0 radical (unpaired) electrons. The smallest absolute Gasteiger partial charge is 0.410 e. The molecule has 148 valence electrons. The van der Waals surface area contributed by atoms with Gasteiger partial charge < -0.3 is 19.3 Å². The normalized spacial score (nSPS) is 12.1. The lowest BCUT2D eigenvalue weighted by atomic mass is 9.96. The topological polar surface area (TPSA) is 59.1 Å². The molecule has 0 aromatic rings. The van der Waals surface area contributed by atoms with Gasteiger partial charge in [-0.1, -0.05) is 13.8 Å². The highest BCUT2D eigenvalue weighted by molar-refractivity contribution is 5.69. The van der Waals surface area contributed by atoms with E-state index < -0.39 is 5.41 Å². The van der Waals surface area contributed by atoms with Gasteiger partial charge in [0.2, 0.25) is 0 Å². The third-order valence-electron chi connectivity index (χ3n) is 3.82. The highest BCUT2D eigenvalue weighted by Gasteiger charge is 2.28. The predicted octanol–water partition coefficient (Wildman–Crippen LogP) is 4.52. The molecule has 0 fully saturated rings. The van der Waals surface area contributed by atoms with E-state index in [1.165, 1.54) is 0 Å². The quantitative estimate of drug-likeness (QED) is 0.640. The van der Waals surface area contributed by atoms with Crippen molar-refractivity contribution >= 4 is 12.2 Å². The Hall–Kier alpha value is -1.46. The fraction of sp³-hybridized carbons (Fsp3) is 0.895. The molecule has 0 spiro atoms. The van der Waals surface area contributed by atoms with Crippen molar-refractivity contribution in [3.8, 4) is 0 Å². The molecule has 2 amide bonds. The molecule has 25 heavy (non-hydrogen) atoms. The van der Waals surface area contributed by atoms with Crippen molar-refractivity contribution in [3.05, 3.63) is 0 Å². The van der Waals surface area contributed by atoms with E-state index in [0.29, 0.717) is 0 Å². The summed E-state index contributed by atoms with van der Waals surface area (Å²) in [5.74, 6) is 0. The van der Waals surface area contributed by atoms with Crippen molar-refractivity contribution in [2.45, 2.75) is 93.4 Å². The zero-order chi connectivity index (χ0) is 19.9. The molecule has 0 atom stereocenters. The van der Waals surface area contributed by atoms with Crippen LogP contribution in [-0.4, -0.2) is 59.4 Å². The van der Waals surface area contributed by atoms with Gasteiger partial charge in [0.1, 0.15) is 13.2 Å². The molecule has 0 heterocycles. The third-order valence-corrected chi connectivity index (χ3v) is 3.82. The average molecular weight is 359 g/mol. The largest absolute Gasteiger partial charge is 0.449 e. The Labute approximate surface area is 153 Å². The van der Waals surface area contributed by atoms with Crippen molar-refractivity contribution < 1.29 is 19.1 Å². The van der Waals surface area contributed by atoms with E-state index >= 15 is 0 Å². The molecule has 0 aliphatic carbocycles. The van der Waals surface area contributed by atoms with Crippen LogP contribution in [0.3, 0.4) is 0 Å². The molecule has 0 N–H and O–H groups in total. The molecule has 0 aromatic heterocycles. The first-order valence-corrected chi connectivity index (χ1v) is 9.20. The summed E-state index contributed by atoms with van der Waals surface area (Å²) < 4.78 is 10.9. The summed E-state index contributed by atoms with van der Waals surface area (Å²) in [5.41, 5.74) is -0.454. The molecule has 0 rings (SSSR count). The average Bonchev–Trinajstić information content (AvgIpc) is 2.41. The van der Waals surface area contributed by atoms with Gasteiger partial charge in [0.15, 0.2) is 0 Å². The number of rotatable bonds is 8. The zero-order valence-electron chi connectivity index (χ0n) is 17.8. The van der Waals surface area contributed by atoms with E-state index in [2.05, 4.69) is 0 Å². The lowest BCUT2D eigenvalue weighted by Gasteiger charge is -2.33. The molecule has 0 unspecified atom stereocenters. The maximum atomic E-state index is 12.3. The summed E-state index contributed by atoms with van der Waals surface area (Å²) in [6.45, 7) is 19.9. The van der Waals surface area contributed by atoms with Gasteiger partial charge in [-0.05, 0) is 55.4 Å². The van der Waals surface area contributed by atoms with E-state index in [1.807, 2.05) is 69.2 Å². The lowest BCUT2D eigenvalue weighted by Crippen LogP contribution is -2.45. The number of ether oxygens (including phenoxy) is 2. The van der Waals surface area contributed by atoms with Gasteiger partial charge in [-0.15, -0.1) is 0 Å². The number of nitrogens with zero attached hydrogens (tertiary/aromatic N) is 2. The number of carbonyl (C=O) groups excluding carboxylic acids is 2. The van der Waals surface area contributed by atoms with Crippen LogP contribution in [-0.2, 0) is 9.47 Å². The van der Waals surface area contributed by atoms with Gasteiger partial charge in [-0.2, -0.15) is 0 Å². The second-order valence-corrected chi connectivity index (χ2v) is 8.46. The fourth-order valence-electron chi connectivity index (χ4n) is 2.74. The van der Waals surface area contributed by atoms with Gasteiger partial charge in [-0.25, -0.2) is 9.59 Å². The van der Waals surface area contributed by atoms with Gasteiger partial charge in [0.05, 0.1) is 0 Å². The Morgan fingerprint density at radius 2 is 0.920 bits per heavy atom. The molecule has 0 aliphatic heterocycles. The summed E-state index contributed by atoms with van der Waals surface area (Å²) in [7, 11) is 0. The Morgan fingerprint density at radius 3 is 1.12 bits per heavy atom. The van der Waals surface area contributed by atoms with Crippen LogP contribution in [0.1, 0.15) is 69.2 Å². The van der Waals surface area contributed by atoms with E-state index in [-0.39, 0.29) is 49.6 Å². The molecule has 0 bridgehead atoms. The fourth-order valence-corrected chi connectivity index (χ4v) is 2.74. The molecule has 0 aromatic carbocycles. The van der Waals surface area contributed by atoms with Crippen molar-refractivity contribution in [2.24, 2.45) is 5.41 Å². The Bertz CT molecular complexity index is 377. The lowest BCUT2D eigenvalue weighted by molar-refractivity contribution is 0.0107. The van der Waals surface area contributed by atoms with Gasteiger partial charge in [0.25, 0.3) is 0 Å². The first-order chi connectivity index (χ1) is 11.3. The van der Waals surface area contributed by atoms with E-state index in [9.17, 15) is 9.59 Å². The summed E-state index contributed by atoms with van der Waals surface area (Å²) in [4.78, 5) is 28.0. The van der Waals surface area contributed by atoms with Crippen molar-refractivity contribution in [1.29, 1.82) is 0 Å². The first kappa shape index (κ1) is 23.5. The Kier molecular flexibility index (Phi) is 9.30. The van der Waals surface area contributed by atoms with Crippen LogP contribution in [0.5, 0.6) is 0 Å². The number of amides is 2. The summed E-state index contributed by atoms with van der Waals surface area (Å²) >= 11 is 0. The van der Waals surface area contributed by atoms with E-state index in [0.717, 1.165) is 0 Å². The van der Waals surface area contributed by atoms with E-state index in [1.54, 1.807) is 9.80 Å². The van der Waals surface area contributed by atoms with Crippen molar-refractivity contribution in [3.63, 3.8) is 0 Å². The third kappa shape index (κ3) is 7.97. The highest BCUT2D eigenvalue weighted by Crippen LogP contribution is 2.19. The van der Waals surface area contributed by atoms with Gasteiger partial charge >= 0.3 is 12.2 Å². The minimum Gasteiger partial charge on any atom is -0.449 e. The van der Waals surface area contributed by atoms with Gasteiger partial charge in [-0.3, -0.25) is 0 Å². The predicted molar refractivity (Wildman–Crippen MR) is 101 cm³/mol. The van der Waals surface area contributed by atoms with Crippen LogP contribution in [0.2, 0.25) is 0 Å². The second kappa shape index (κ2) is 9.88. The monoisotopic (exact) mass is 358 g/mol. The van der Waals surface area contributed by atoms with Crippen molar-refractivity contribution in [1.82, 2.24) is 9.80 Å². The maximum absolute atomic E-state index is 12.3. The van der Waals surface area contributed by atoms with Crippen LogP contribution < -0.4 is 0 Å². The van der Waals surface area contributed by atoms with Crippen LogP contribution in [0, 0.1) is 5.41 Å². The summed E-state index contributed by atoms with van der Waals surface area (Å²) in [6, 6.07) is 0.274. The number of hydrogen-bond acceptors (Lipinski definition) is 4. The number of hydrogen-bond donors (Lipinski definition) is 0. The summed E-state index contributed by atoms with van der Waals surface area (Å²) in [6.07, 6.45) is -0.675. The molecular formula is C19H38N2O4. The molecular weight excluding hydrogens is 320 g/mol. The van der Waals surface area contributed by atoms with Crippen LogP contribution in [0.4, 0.5) is 9.59 Å². The highest BCUT2D eigenvalue weighted by atomic mass is 16.6. The van der Waals surface area contributed by atoms with Gasteiger partial charge in [0, 0.05) is 29.6 Å². The van der Waals surface area contributed by atoms with Crippen LogP contribution in [0.25, 0.3) is 0 Å². The number of carbonyl (C=O) groups is 2. The van der Waals surface area contributed by atoms with E-state index in [4.69, 9.17) is 9.47 Å². The minimum atomic E-state index is -0.454. The first-order valence-electron chi connectivity index (χ1n) is 9.20. The molecule has 6 heteroatoms. The molecule has 0 saturated heterocycles. The maximum Gasteiger partial charge on any atom is 0.410 e. The van der Waals surface area contributed by atoms with Crippen LogP contribution >= 0.6 is 0 Å². The Balaban J connectivity index is 4.64. The minimum absolute atomic E-state index is 0.0686. The second-order valence-electron chi connectivity index (χ2n) is 8.46. The van der Waals surface area contributed by atoms with Crippen molar-refractivity contribution in [2.75, 3.05) is 13.2 Å². The summed E-state index contributed by atoms with van der Waals surface area (Å²) in [5, 5.41) is 0. The Morgan fingerprint density at radius 1 is 0.680 bits per heavy atom. The molecule has 0 saturated carbocycles. The molecule has 6 nitrogen and oxygen atoms in total. The standard InChI is InChI=1S/C19H38N2O4/c1-13(2)20(14(3)4)17(22)24-11-19(9,10)12-25-18(23)21(15(5)6)16(7)8/h13-16H,11-12H2,1-10H3. The SMILES string of the molecule is CC(C)N(C(=O)OCC(C)(C)COC(=O)N(C(C)C)C(C)C)C(C)C. The molecule has 0 aliphatic rings. The zero-order valence-corrected chi connectivity index (χ0v) is 17.8. The van der Waals surface area contributed by atoms with Crippen LogP contribution in [0.15, 0.2) is 0 Å².